The number of halogens is 2. The van der Waals surface area contributed by atoms with Crippen molar-refractivity contribution in [1.82, 2.24) is 14.9 Å². The highest BCUT2D eigenvalue weighted by atomic mass is 35.5. The van der Waals surface area contributed by atoms with Gasteiger partial charge in [-0.25, -0.2) is 14.2 Å². The van der Waals surface area contributed by atoms with Crippen LogP contribution in [0.1, 0.15) is 48.2 Å². The number of hydrogen-bond donors (Lipinski definition) is 0. The minimum Gasteiger partial charge on any atom is -0.473 e. The number of pyridine rings is 2. The topological polar surface area (TPSA) is 64.5 Å². The van der Waals surface area contributed by atoms with Gasteiger partial charge in [0.05, 0.1) is 12.3 Å². The number of ether oxygens (including phenoxy) is 2. The number of rotatable bonds is 9. The minimum atomic E-state index is -0.386. The number of likely N-dealkylation sites (tertiary alicyclic amines) is 1. The van der Waals surface area contributed by atoms with Crippen LogP contribution in [-0.4, -0.2) is 40.5 Å². The summed E-state index contributed by atoms with van der Waals surface area (Å²) in [7, 11) is 0. The van der Waals surface area contributed by atoms with Gasteiger partial charge in [-0.3, -0.25) is 9.88 Å². The van der Waals surface area contributed by atoms with Crippen molar-refractivity contribution >= 4 is 23.6 Å². The average molecular weight is 510 g/mol. The lowest BCUT2D eigenvalue weighted by molar-refractivity contribution is -0.137. The SMILES string of the molecule is CCOC(=O)/C=C/c1ccc(CN2CCC(c3cccc(OCc4ccc(Cl)cc4F)n3)CC2)nc1. The van der Waals surface area contributed by atoms with Crippen LogP contribution in [0.25, 0.3) is 6.08 Å². The molecular formula is C28H29ClFN3O3. The maximum absolute atomic E-state index is 14.0. The summed E-state index contributed by atoms with van der Waals surface area (Å²) < 4.78 is 24.7. The van der Waals surface area contributed by atoms with Gasteiger partial charge >= 0.3 is 5.97 Å². The van der Waals surface area contributed by atoms with Crippen molar-refractivity contribution in [2.45, 2.75) is 38.8 Å². The molecule has 36 heavy (non-hydrogen) atoms. The Kier molecular flexibility index (Phi) is 9.03. The van der Waals surface area contributed by atoms with Gasteiger partial charge in [0.1, 0.15) is 12.4 Å². The summed E-state index contributed by atoms with van der Waals surface area (Å²) in [6.07, 6.45) is 6.86. The first-order valence-corrected chi connectivity index (χ1v) is 12.4. The molecule has 0 amide bonds. The monoisotopic (exact) mass is 509 g/mol. The van der Waals surface area contributed by atoms with E-state index >= 15 is 0 Å². The summed E-state index contributed by atoms with van der Waals surface area (Å²) >= 11 is 5.82. The summed E-state index contributed by atoms with van der Waals surface area (Å²) in [4.78, 5) is 23.0. The maximum atomic E-state index is 14.0. The van der Waals surface area contributed by atoms with Gasteiger partial charge in [-0.2, -0.15) is 0 Å². The fourth-order valence-electron chi connectivity index (χ4n) is 4.13. The van der Waals surface area contributed by atoms with Crippen molar-refractivity contribution in [2.24, 2.45) is 0 Å². The molecule has 6 nitrogen and oxygen atoms in total. The first-order valence-electron chi connectivity index (χ1n) is 12.1. The van der Waals surface area contributed by atoms with Crippen molar-refractivity contribution < 1.29 is 18.7 Å². The fraction of sp³-hybridized carbons (Fsp3) is 0.321. The molecule has 0 atom stereocenters. The van der Waals surface area contributed by atoms with Gasteiger partial charge < -0.3 is 9.47 Å². The number of carbonyl (C=O) groups excluding carboxylic acids is 1. The second-order valence-electron chi connectivity index (χ2n) is 8.64. The second kappa shape index (κ2) is 12.6. The van der Waals surface area contributed by atoms with E-state index in [2.05, 4.69) is 14.9 Å². The normalized spacial score (nSPS) is 14.8. The molecule has 8 heteroatoms. The Morgan fingerprint density at radius 1 is 1.19 bits per heavy atom. The molecule has 3 heterocycles. The molecule has 0 spiro atoms. The van der Waals surface area contributed by atoms with Crippen molar-refractivity contribution in [3.63, 3.8) is 0 Å². The Hall–Kier alpha value is -3.29. The van der Waals surface area contributed by atoms with E-state index in [4.69, 9.17) is 21.1 Å². The molecule has 1 saturated heterocycles. The van der Waals surface area contributed by atoms with E-state index in [-0.39, 0.29) is 18.4 Å². The van der Waals surface area contributed by atoms with Gasteiger partial charge in [0.25, 0.3) is 0 Å². The molecule has 1 aliphatic heterocycles. The van der Waals surface area contributed by atoms with Crippen LogP contribution < -0.4 is 4.74 Å². The lowest BCUT2D eigenvalue weighted by atomic mass is 9.93. The molecule has 0 aliphatic carbocycles. The number of benzene rings is 1. The number of piperidine rings is 1. The first kappa shape index (κ1) is 25.8. The van der Waals surface area contributed by atoms with E-state index in [0.29, 0.717) is 29.0 Å². The molecule has 3 aromatic rings. The molecule has 0 bridgehead atoms. The van der Waals surface area contributed by atoms with Crippen LogP contribution >= 0.6 is 11.6 Å². The zero-order chi connectivity index (χ0) is 25.3. The Morgan fingerprint density at radius 3 is 2.75 bits per heavy atom. The molecule has 2 aromatic heterocycles. The molecule has 1 aromatic carbocycles. The third kappa shape index (κ3) is 7.35. The van der Waals surface area contributed by atoms with Gasteiger partial charge in [0.2, 0.25) is 5.88 Å². The molecule has 4 rings (SSSR count). The highest BCUT2D eigenvalue weighted by Crippen LogP contribution is 2.28. The van der Waals surface area contributed by atoms with E-state index in [9.17, 15) is 9.18 Å². The maximum Gasteiger partial charge on any atom is 0.330 e. The largest absolute Gasteiger partial charge is 0.473 e. The van der Waals surface area contributed by atoms with Crippen molar-refractivity contribution in [2.75, 3.05) is 19.7 Å². The van der Waals surface area contributed by atoms with E-state index in [1.54, 1.807) is 37.4 Å². The van der Waals surface area contributed by atoms with E-state index in [0.717, 1.165) is 49.4 Å². The van der Waals surface area contributed by atoms with Crippen LogP contribution in [0.15, 0.2) is 60.8 Å². The number of aromatic nitrogens is 2. The van der Waals surface area contributed by atoms with Gasteiger partial charge in [-0.15, -0.1) is 0 Å². The lowest BCUT2D eigenvalue weighted by Gasteiger charge is -2.31. The van der Waals surface area contributed by atoms with Crippen LogP contribution in [0.5, 0.6) is 5.88 Å². The van der Waals surface area contributed by atoms with Crippen molar-refractivity contribution in [3.05, 3.63) is 94.2 Å². The van der Waals surface area contributed by atoms with Crippen LogP contribution in [0, 0.1) is 5.82 Å². The average Bonchev–Trinajstić information content (AvgIpc) is 2.89. The number of esters is 1. The van der Waals surface area contributed by atoms with E-state index in [1.807, 2.05) is 24.3 Å². The molecule has 0 radical (unpaired) electrons. The second-order valence-corrected chi connectivity index (χ2v) is 9.08. The molecule has 0 saturated carbocycles. The number of nitrogens with zero attached hydrogens (tertiary/aromatic N) is 3. The molecule has 188 valence electrons. The zero-order valence-electron chi connectivity index (χ0n) is 20.2. The van der Waals surface area contributed by atoms with E-state index < -0.39 is 0 Å². The van der Waals surface area contributed by atoms with E-state index in [1.165, 1.54) is 12.1 Å². The first-order chi connectivity index (χ1) is 17.5. The minimum absolute atomic E-state index is 0.0995. The zero-order valence-corrected chi connectivity index (χ0v) is 21.0. The van der Waals surface area contributed by atoms with Crippen LogP contribution in [0.4, 0.5) is 4.39 Å². The molecule has 0 N–H and O–H groups in total. The Bertz CT molecular complexity index is 1190. The van der Waals surface area contributed by atoms with Crippen molar-refractivity contribution in [3.8, 4) is 5.88 Å². The summed E-state index contributed by atoms with van der Waals surface area (Å²) in [5, 5.41) is 0.360. The van der Waals surface area contributed by atoms with Crippen molar-refractivity contribution in [1.29, 1.82) is 0 Å². The number of carbonyl (C=O) groups is 1. The quantitative estimate of drug-likeness (QED) is 0.268. The summed E-state index contributed by atoms with van der Waals surface area (Å²) in [6, 6.07) is 14.3. The number of hydrogen-bond acceptors (Lipinski definition) is 6. The predicted octanol–water partition coefficient (Wildman–Crippen LogP) is 5.80. The highest BCUT2D eigenvalue weighted by Gasteiger charge is 2.22. The van der Waals surface area contributed by atoms with Gasteiger partial charge in [-0.05, 0) is 68.8 Å². The Balaban J connectivity index is 1.26. The fourth-order valence-corrected chi connectivity index (χ4v) is 4.29. The molecular weight excluding hydrogens is 481 g/mol. The molecule has 0 unspecified atom stereocenters. The molecule has 1 fully saturated rings. The lowest BCUT2D eigenvalue weighted by Crippen LogP contribution is -2.33. The van der Waals surface area contributed by atoms with Gasteiger partial charge in [0.15, 0.2) is 0 Å². The Morgan fingerprint density at radius 2 is 2.03 bits per heavy atom. The standard InChI is InChI=1S/C28H29ClFN3O3/c1-2-35-28(34)11-7-20-6-10-24(31-17-20)18-33-14-12-21(13-15-33)26-4-3-5-27(32-26)36-19-22-8-9-23(29)16-25(22)30/h3-11,16-17,21H,2,12-15,18-19H2,1H3/b11-7+. The third-order valence-electron chi connectivity index (χ3n) is 6.07. The Labute approximate surface area is 215 Å². The predicted molar refractivity (Wildman–Crippen MR) is 137 cm³/mol. The third-order valence-corrected chi connectivity index (χ3v) is 6.31. The smallest absolute Gasteiger partial charge is 0.330 e. The van der Waals surface area contributed by atoms with Crippen LogP contribution in [0.3, 0.4) is 0 Å². The summed E-state index contributed by atoms with van der Waals surface area (Å²) in [5.74, 6) is 0.0979. The molecule has 1 aliphatic rings. The summed E-state index contributed by atoms with van der Waals surface area (Å²) in [5.41, 5.74) is 3.29. The van der Waals surface area contributed by atoms with Gasteiger partial charge in [0, 0.05) is 47.1 Å². The highest BCUT2D eigenvalue weighted by molar-refractivity contribution is 6.30. The van der Waals surface area contributed by atoms with Crippen LogP contribution in [-0.2, 0) is 22.7 Å². The van der Waals surface area contributed by atoms with Crippen LogP contribution in [0.2, 0.25) is 5.02 Å². The summed E-state index contributed by atoms with van der Waals surface area (Å²) in [6.45, 7) is 4.90. The van der Waals surface area contributed by atoms with Gasteiger partial charge in [-0.1, -0.05) is 29.8 Å².